The van der Waals surface area contributed by atoms with Crippen molar-refractivity contribution < 1.29 is 14.3 Å². The topological polar surface area (TPSA) is 106 Å². The van der Waals surface area contributed by atoms with Crippen molar-refractivity contribution in [3.05, 3.63) is 82.4 Å². The number of hydrogen-bond donors (Lipinski definition) is 2. The van der Waals surface area contributed by atoms with Gasteiger partial charge < -0.3 is 25.3 Å². The van der Waals surface area contributed by atoms with Crippen LogP contribution in [0.2, 0.25) is 0 Å². The number of nitrogens with zero attached hydrogens (tertiary/aromatic N) is 4. The summed E-state index contributed by atoms with van der Waals surface area (Å²) in [4.78, 5) is 34.0. The summed E-state index contributed by atoms with van der Waals surface area (Å²) in [6.07, 6.45) is 0. The largest absolute Gasteiger partial charge is 0.399 e. The molecule has 3 heterocycles. The standard InChI is InChI=1S/C27H32N6O3/c1-18-23-27(16-36-17-27)32(15-20-4-8-21(9-5-20)26(35)31(2)3)12-13-33(23)24(30-18)25(34)29-14-19-6-10-22(28)11-7-19/h4-11H,12-17,28H2,1-3H3,(H,29,34). The highest BCUT2D eigenvalue weighted by Crippen LogP contribution is 2.41. The van der Waals surface area contributed by atoms with Gasteiger partial charge in [0.05, 0.1) is 24.6 Å². The van der Waals surface area contributed by atoms with Gasteiger partial charge in [-0.2, -0.15) is 0 Å². The second-order valence-corrected chi connectivity index (χ2v) is 9.79. The van der Waals surface area contributed by atoms with E-state index in [1.807, 2.05) is 55.5 Å². The number of nitrogens with two attached hydrogens (primary N) is 1. The van der Waals surface area contributed by atoms with Crippen molar-refractivity contribution in [3.63, 3.8) is 0 Å². The molecule has 9 heteroatoms. The first kappa shape index (κ1) is 24.0. The highest BCUT2D eigenvalue weighted by atomic mass is 16.5. The number of fused-ring (bicyclic) bond motifs is 2. The van der Waals surface area contributed by atoms with Crippen molar-refractivity contribution in [1.82, 2.24) is 24.7 Å². The summed E-state index contributed by atoms with van der Waals surface area (Å²) < 4.78 is 7.77. The minimum absolute atomic E-state index is 0.00915. The van der Waals surface area contributed by atoms with Gasteiger partial charge in [0, 0.05) is 51.5 Å². The highest BCUT2D eigenvalue weighted by Gasteiger charge is 2.51. The predicted octanol–water partition coefficient (Wildman–Crippen LogP) is 2.15. The molecule has 1 spiro atoms. The van der Waals surface area contributed by atoms with Crippen LogP contribution in [0.4, 0.5) is 5.69 Å². The molecule has 3 aromatic rings. The molecule has 0 atom stereocenters. The molecule has 2 aliphatic heterocycles. The third kappa shape index (κ3) is 4.25. The number of imidazole rings is 1. The molecule has 1 aromatic heterocycles. The number of carbonyl (C=O) groups is 2. The normalized spacial score (nSPS) is 16.3. The van der Waals surface area contributed by atoms with Crippen molar-refractivity contribution in [2.24, 2.45) is 0 Å². The molecule has 188 valence electrons. The zero-order chi connectivity index (χ0) is 25.4. The van der Waals surface area contributed by atoms with Crippen LogP contribution in [0.3, 0.4) is 0 Å². The van der Waals surface area contributed by atoms with Crippen LogP contribution in [0, 0.1) is 6.92 Å². The van der Waals surface area contributed by atoms with Gasteiger partial charge in [-0.15, -0.1) is 0 Å². The summed E-state index contributed by atoms with van der Waals surface area (Å²) in [7, 11) is 3.50. The molecule has 0 aliphatic carbocycles. The molecule has 2 aromatic carbocycles. The monoisotopic (exact) mass is 488 g/mol. The first-order valence-electron chi connectivity index (χ1n) is 12.1. The lowest BCUT2D eigenvalue weighted by molar-refractivity contribution is -0.163. The Morgan fingerprint density at radius 2 is 1.72 bits per heavy atom. The van der Waals surface area contributed by atoms with Crippen molar-refractivity contribution in [2.45, 2.75) is 32.1 Å². The fraction of sp³-hybridized carbons (Fsp3) is 0.370. The average Bonchev–Trinajstić information content (AvgIpc) is 3.19. The first-order chi connectivity index (χ1) is 17.3. The Morgan fingerprint density at radius 1 is 1.06 bits per heavy atom. The number of hydrogen-bond acceptors (Lipinski definition) is 6. The molecule has 0 saturated carbocycles. The number of nitrogens with one attached hydrogen (secondary N) is 1. The van der Waals surface area contributed by atoms with Gasteiger partial charge in [0.1, 0.15) is 5.54 Å². The third-order valence-corrected chi connectivity index (χ3v) is 7.08. The van der Waals surface area contributed by atoms with E-state index >= 15 is 0 Å². The zero-order valence-electron chi connectivity index (χ0n) is 21.0. The van der Waals surface area contributed by atoms with Crippen LogP contribution in [0.25, 0.3) is 0 Å². The Hall–Kier alpha value is -3.69. The molecule has 5 rings (SSSR count). The summed E-state index contributed by atoms with van der Waals surface area (Å²) in [6, 6.07) is 15.2. The van der Waals surface area contributed by atoms with Crippen LogP contribution in [0.5, 0.6) is 0 Å². The summed E-state index contributed by atoms with van der Waals surface area (Å²) in [5.41, 5.74) is 10.8. The van der Waals surface area contributed by atoms with Gasteiger partial charge in [0.2, 0.25) is 0 Å². The number of amides is 2. The van der Waals surface area contributed by atoms with Crippen molar-refractivity contribution in [3.8, 4) is 0 Å². The number of benzene rings is 2. The lowest BCUT2D eigenvalue weighted by atomic mass is 9.86. The van der Waals surface area contributed by atoms with Crippen LogP contribution in [0.1, 0.15) is 43.5 Å². The van der Waals surface area contributed by atoms with E-state index in [9.17, 15) is 9.59 Å². The molecular weight excluding hydrogens is 456 g/mol. The Kier molecular flexibility index (Phi) is 6.27. The summed E-state index contributed by atoms with van der Waals surface area (Å²) in [6.45, 7) is 5.65. The molecule has 0 bridgehead atoms. The molecule has 0 radical (unpaired) electrons. The van der Waals surface area contributed by atoms with Gasteiger partial charge in [0.15, 0.2) is 5.82 Å². The Balaban J connectivity index is 1.34. The van der Waals surface area contributed by atoms with Gasteiger partial charge in [-0.25, -0.2) is 4.98 Å². The molecule has 0 unspecified atom stereocenters. The summed E-state index contributed by atoms with van der Waals surface area (Å²) in [5, 5.41) is 3.00. The maximum Gasteiger partial charge on any atom is 0.287 e. The van der Waals surface area contributed by atoms with Gasteiger partial charge in [-0.1, -0.05) is 24.3 Å². The summed E-state index contributed by atoms with van der Waals surface area (Å²) in [5.74, 6) is 0.242. The smallest absolute Gasteiger partial charge is 0.287 e. The van der Waals surface area contributed by atoms with Gasteiger partial charge >= 0.3 is 0 Å². The minimum atomic E-state index is -0.317. The molecule has 3 N–H and O–H groups in total. The first-order valence-corrected chi connectivity index (χ1v) is 12.1. The Labute approximate surface area is 210 Å². The zero-order valence-corrected chi connectivity index (χ0v) is 21.0. The van der Waals surface area contributed by atoms with Gasteiger partial charge in [0.25, 0.3) is 11.8 Å². The number of ether oxygens (including phenoxy) is 1. The van der Waals surface area contributed by atoms with E-state index in [1.54, 1.807) is 19.0 Å². The highest BCUT2D eigenvalue weighted by molar-refractivity contribution is 5.93. The van der Waals surface area contributed by atoms with E-state index < -0.39 is 0 Å². The quantitative estimate of drug-likeness (QED) is 0.515. The van der Waals surface area contributed by atoms with Gasteiger partial charge in [-0.3, -0.25) is 14.5 Å². The van der Waals surface area contributed by atoms with E-state index in [0.717, 1.165) is 35.6 Å². The molecule has 2 amide bonds. The number of aromatic nitrogens is 2. The summed E-state index contributed by atoms with van der Waals surface area (Å²) >= 11 is 0. The lowest BCUT2D eigenvalue weighted by Crippen LogP contribution is -2.63. The fourth-order valence-electron chi connectivity index (χ4n) is 5.11. The van der Waals surface area contributed by atoms with E-state index in [2.05, 4.69) is 14.8 Å². The van der Waals surface area contributed by atoms with Crippen LogP contribution >= 0.6 is 0 Å². The molecule has 2 aliphatic rings. The van der Waals surface area contributed by atoms with Gasteiger partial charge in [-0.05, 0) is 42.3 Å². The number of anilines is 1. The van der Waals surface area contributed by atoms with Crippen molar-refractivity contribution in [1.29, 1.82) is 0 Å². The molecular formula is C27H32N6O3. The minimum Gasteiger partial charge on any atom is -0.399 e. The molecule has 1 fully saturated rings. The van der Waals surface area contributed by atoms with Crippen LogP contribution in [-0.4, -0.2) is 65.0 Å². The molecule has 9 nitrogen and oxygen atoms in total. The number of carbonyl (C=O) groups excluding carboxylic acids is 2. The molecule has 1 saturated heterocycles. The van der Waals surface area contributed by atoms with Crippen molar-refractivity contribution >= 4 is 17.5 Å². The Morgan fingerprint density at radius 3 is 2.33 bits per heavy atom. The van der Waals surface area contributed by atoms with E-state index in [4.69, 9.17) is 15.5 Å². The third-order valence-electron chi connectivity index (χ3n) is 7.08. The number of nitrogen functional groups attached to an aromatic ring is 1. The Bertz CT molecular complexity index is 1280. The lowest BCUT2D eigenvalue weighted by Gasteiger charge is -2.52. The second-order valence-electron chi connectivity index (χ2n) is 9.79. The van der Waals surface area contributed by atoms with E-state index in [-0.39, 0.29) is 17.4 Å². The maximum atomic E-state index is 13.1. The number of aryl methyl sites for hydroxylation is 1. The molecule has 36 heavy (non-hydrogen) atoms. The van der Waals surface area contributed by atoms with E-state index in [0.29, 0.717) is 43.4 Å². The second kappa shape index (κ2) is 9.40. The van der Waals surface area contributed by atoms with Crippen LogP contribution in [0.15, 0.2) is 48.5 Å². The maximum absolute atomic E-state index is 13.1. The van der Waals surface area contributed by atoms with E-state index in [1.165, 1.54) is 0 Å². The van der Waals surface area contributed by atoms with Crippen LogP contribution < -0.4 is 11.1 Å². The predicted molar refractivity (Wildman–Crippen MR) is 136 cm³/mol. The fourth-order valence-corrected chi connectivity index (χ4v) is 5.11. The SMILES string of the molecule is Cc1nc(C(=O)NCc2ccc(N)cc2)n2c1C1(COC1)N(Cc1ccc(C(=O)N(C)C)cc1)CC2. The average molecular weight is 489 g/mol. The van der Waals surface area contributed by atoms with Crippen LogP contribution in [-0.2, 0) is 29.9 Å². The van der Waals surface area contributed by atoms with Crippen molar-refractivity contribution in [2.75, 3.05) is 39.6 Å². The number of rotatable bonds is 6.